The van der Waals surface area contributed by atoms with Crippen LogP contribution >= 0.6 is 0 Å². The number of hydrogen-bond acceptors (Lipinski definition) is 2. The molecular formula is C18H21NO2. The average Bonchev–Trinajstić information content (AvgIpc) is 2.47. The molecule has 0 aliphatic carbocycles. The van der Waals surface area contributed by atoms with Gasteiger partial charge in [0, 0.05) is 18.7 Å². The van der Waals surface area contributed by atoms with E-state index in [-0.39, 0.29) is 12.5 Å². The highest BCUT2D eigenvalue weighted by Crippen LogP contribution is 2.17. The predicted octanol–water partition coefficient (Wildman–Crippen LogP) is 2.94. The molecule has 0 aliphatic heterocycles. The van der Waals surface area contributed by atoms with Crippen molar-refractivity contribution in [3.05, 3.63) is 70.8 Å². The Morgan fingerprint density at radius 1 is 1.00 bits per heavy atom. The Labute approximate surface area is 125 Å². The first-order valence-electron chi connectivity index (χ1n) is 7.13. The predicted molar refractivity (Wildman–Crippen MR) is 84.2 cm³/mol. The van der Waals surface area contributed by atoms with E-state index in [0.29, 0.717) is 13.1 Å². The molecule has 21 heavy (non-hydrogen) atoms. The molecule has 0 saturated heterocycles. The van der Waals surface area contributed by atoms with E-state index in [1.807, 2.05) is 62.4 Å². The number of carbonyl (C=O) groups excluding carboxylic acids is 1. The molecule has 2 aromatic rings. The minimum absolute atomic E-state index is 0.0245. The zero-order chi connectivity index (χ0) is 15.2. The molecular weight excluding hydrogens is 262 g/mol. The van der Waals surface area contributed by atoms with Crippen LogP contribution in [0.4, 0.5) is 0 Å². The van der Waals surface area contributed by atoms with Crippen molar-refractivity contribution in [3.8, 4) is 0 Å². The van der Waals surface area contributed by atoms with Crippen LogP contribution in [0.15, 0.2) is 48.5 Å². The Kier molecular flexibility index (Phi) is 5.12. The molecule has 0 spiro atoms. The Bertz CT molecular complexity index is 588. The molecule has 3 heteroatoms. The third-order valence-corrected chi connectivity index (χ3v) is 3.57. The number of rotatable bonds is 5. The van der Waals surface area contributed by atoms with E-state index in [9.17, 15) is 9.90 Å². The van der Waals surface area contributed by atoms with Gasteiger partial charge in [-0.3, -0.25) is 4.79 Å². The van der Waals surface area contributed by atoms with E-state index in [1.165, 1.54) is 0 Å². The van der Waals surface area contributed by atoms with Crippen LogP contribution in [-0.4, -0.2) is 29.1 Å². The van der Waals surface area contributed by atoms with E-state index in [1.54, 1.807) is 4.90 Å². The lowest BCUT2D eigenvalue weighted by molar-refractivity contribution is 0.0706. The first-order chi connectivity index (χ1) is 10.1. The second-order valence-corrected chi connectivity index (χ2v) is 5.20. The van der Waals surface area contributed by atoms with Crippen molar-refractivity contribution in [2.45, 2.75) is 20.4 Å². The van der Waals surface area contributed by atoms with E-state index in [4.69, 9.17) is 0 Å². The third-order valence-electron chi connectivity index (χ3n) is 3.57. The molecule has 0 saturated carbocycles. The van der Waals surface area contributed by atoms with Crippen LogP contribution in [0.25, 0.3) is 0 Å². The average molecular weight is 283 g/mol. The zero-order valence-corrected chi connectivity index (χ0v) is 12.5. The van der Waals surface area contributed by atoms with Crippen LogP contribution in [0.2, 0.25) is 0 Å². The standard InChI is InChI=1S/C18H21NO2/c1-14-7-6-8-15(2)17(14)18(21)19(11-12-20)13-16-9-4-3-5-10-16/h3-10,20H,11-13H2,1-2H3. The molecule has 0 aromatic heterocycles. The molecule has 110 valence electrons. The molecule has 0 aliphatic rings. The number of carbonyl (C=O) groups is 1. The third kappa shape index (κ3) is 3.70. The number of aliphatic hydroxyl groups is 1. The summed E-state index contributed by atoms with van der Waals surface area (Å²) in [6, 6.07) is 15.7. The maximum absolute atomic E-state index is 12.8. The van der Waals surface area contributed by atoms with Gasteiger partial charge in [0.1, 0.15) is 0 Å². The van der Waals surface area contributed by atoms with Crippen LogP contribution in [0, 0.1) is 13.8 Å². The minimum Gasteiger partial charge on any atom is -0.395 e. The highest BCUT2D eigenvalue weighted by molar-refractivity contribution is 5.97. The lowest BCUT2D eigenvalue weighted by Crippen LogP contribution is -2.34. The summed E-state index contributed by atoms with van der Waals surface area (Å²) in [5, 5.41) is 9.26. The monoisotopic (exact) mass is 283 g/mol. The van der Waals surface area contributed by atoms with E-state index >= 15 is 0 Å². The number of nitrogens with zero attached hydrogens (tertiary/aromatic N) is 1. The Hall–Kier alpha value is -2.13. The number of aliphatic hydroxyl groups excluding tert-OH is 1. The molecule has 0 atom stereocenters. The summed E-state index contributed by atoms with van der Waals surface area (Å²) < 4.78 is 0. The quantitative estimate of drug-likeness (QED) is 0.916. The Morgan fingerprint density at radius 2 is 1.62 bits per heavy atom. The molecule has 2 aromatic carbocycles. The topological polar surface area (TPSA) is 40.5 Å². The van der Waals surface area contributed by atoms with Gasteiger partial charge >= 0.3 is 0 Å². The van der Waals surface area contributed by atoms with Crippen molar-refractivity contribution < 1.29 is 9.90 Å². The van der Waals surface area contributed by atoms with Crippen molar-refractivity contribution in [2.75, 3.05) is 13.2 Å². The number of amides is 1. The molecule has 0 bridgehead atoms. The van der Waals surface area contributed by atoms with Gasteiger partial charge in [-0.05, 0) is 30.5 Å². The van der Waals surface area contributed by atoms with Gasteiger partial charge in [-0.2, -0.15) is 0 Å². The van der Waals surface area contributed by atoms with Gasteiger partial charge in [0.2, 0.25) is 0 Å². The lowest BCUT2D eigenvalue weighted by Gasteiger charge is -2.23. The maximum atomic E-state index is 12.8. The zero-order valence-electron chi connectivity index (χ0n) is 12.5. The highest BCUT2D eigenvalue weighted by Gasteiger charge is 2.19. The fourth-order valence-corrected chi connectivity index (χ4v) is 2.49. The van der Waals surface area contributed by atoms with Crippen LogP contribution in [0.5, 0.6) is 0 Å². The fraction of sp³-hybridized carbons (Fsp3) is 0.278. The van der Waals surface area contributed by atoms with E-state index < -0.39 is 0 Å². The summed E-state index contributed by atoms with van der Waals surface area (Å²) in [7, 11) is 0. The second kappa shape index (κ2) is 7.04. The SMILES string of the molecule is Cc1cccc(C)c1C(=O)N(CCO)Cc1ccccc1. The number of aryl methyl sites for hydroxylation is 2. The lowest BCUT2D eigenvalue weighted by atomic mass is 10.0. The van der Waals surface area contributed by atoms with Crippen LogP contribution in [0.1, 0.15) is 27.0 Å². The normalized spacial score (nSPS) is 10.4. The summed E-state index contributed by atoms with van der Waals surface area (Å²) in [5.41, 5.74) is 3.74. The molecule has 0 heterocycles. The van der Waals surface area contributed by atoms with Crippen molar-refractivity contribution in [1.82, 2.24) is 4.90 Å². The highest BCUT2D eigenvalue weighted by atomic mass is 16.3. The van der Waals surface area contributed by atoms with E-state index in [2.05, 4.69) is 0 Å². The molecule has 0 fully saturated rings. The second-order valence-electron chi connectivity index (χ2n) is 5.20. The van der Waals surface area contributed by atoms with Gasteiger partial charge in [-0.15, -0.1) is 0 Å². The van der Waals surface area contributed by atoms with Crippen molar-refractivity contribution in [3.63, 3.8) is 0 Å². The maximum Gasteiger partial charge on any atom is 0.254 e. The van der Waals surface area contributed by atoms with Gasteiger partial charge in [0.25, 0.3) is 5.91 Å². The smallest absolute Gasteiger partial charge is 0.254 e. The number of benzene rings is 2. The molecule has 1 N–H and O–H groups in total. The van der Waals surface area contributed by atoms with Gasteiger partial charge in [-0.1, -0.05) is 48.5 Å². The summed E-state index contributed by atoms with van der Waals surface area (Å²) in [6.45, 7) is 4.69. The summed E-state index contributed by atoms with van der Waals surface area (Å²) in [5.74, 6) is -0.0245. The van der Waals surface area contributed by atoms with Crippen LogP contribution < -0.4 is 0 Å². The minimum atomic E-state index is -0.0382. The number of hydrogen-bond donors (Lipinski definition) is 1. The fourth-order valence-electron chi connectivity index (χ4n) is 2.49. The largest absolute Gasteiger partial charge is 0.395 e. The molecule has 3 nitrogen and oxygen atoms in total. The van der Waals surface area contributed by atoms with Gasteiger partial charge in [0.15, 0.2) is 0 Å². The summed E-state index contributed by atoms with van der Waals surface area (Å²) in [4.78, 5) is 14.5. The van der Waals surface area contributed by atoms with Crippen LogP contribution in [0.3, 0.4) is 0 Å². The Morgan fingerprint density at radius 3 is 2.19 bits per heavy atom. The van der Waals surface area contributed by atoms with Crippen molar-refractivity contribution in [1.29, 1.82) is 0 Å². The van der Waals surface area contributed by atoms with Crippen molar-refractivity contribution in [2.24, 2.45) is 0 Å². The van der Waals surface area contributed by atoms with Gasteiger partial charge < -0.3 is 10.0 Å². The molecule has 0 unspecified atom stereocenters. The van der Waals surface area contributed by atoms with E-state index in [0.717, 1.165) is 22.3 Å². The Balaban J connectivity index is 2.27. The first-order valence-corrected chi connectivity index (χ1v) is 7.13. The molecule has 2 rings (SSSR count). The van der Waals surface area contributed by atoms with Gasteiger partial charge in [-0.25, -0.2) is 0 Å². The van der Waals surface area contributed by atoms with Crippen LogP contribution in [-0.2, 0) is 6.54 Å². The van der Waals surface area contributed by atoms with Gasteiger partial charge in [0.05, 0.1) is 6.61 Å². The molecule has 1 amide bonds. The summed E-state index contributed by atoms with van der Waals surface area (Å²) >= 11 is 0. The first kappa shape index (κ1) is 15.3. The summed E-state index contributed by atoms with van der Waals surface area (Å²) in [6.07, 6.45) is 0. The van der Waals surface area contributed by atoms with Crippen molar-refractivity contribution >= 4 is 5.91 Å². The molecule has 0 radical (unpaired) electrons.